The van der Waals surface area contributed by atoms with Crippen molar-refractivity contribution in [2.24, 2.45) is 0 Å². The molecule has 1 saturated heterocycles. The number of anilines is 1. The lowest BCUT2D eigenvalue weighted by atomic mass is 10.1. The van der Waals surface area contributed by atoms with Gasteiger partial charge < -0.3 is 19.5 Å². The molecule has 0 saturated carbocycles. The molecule has 3 heterocycles. The van der Waals surface area contributed by atoms with Gasteiger partial charge in [0.1, 0.15) is 11.6 Å². The highest BCUT2D eigenvalue weighted by molar-refractivity contribution is 5.95. The first-order valence-corrected chi connectivity index (χ1v) is 8.34. The summed E-state index contributed by atoms with van der Waals surface area (Å²) < 4.78 is 5.33. The second kappa shape index (κ2) is 7.49. The van der Waals surface area contributed by atoms with Crippen molar-refractivity contribution in [3.8, 4) is 0 Å². The lowest BCUT2D eigenvalue weighted by molar-refractivity contribution is 0.0939. The maximum atomic E-state index is 12.5. The second-order valence-electron chi connectivity index (χ2n) is 6.35. The molecule has 2 aromatic rings. The smallest absolute Gasteiger partial charge is 0.251 e. The summed E-state index contributed by atoms with van der Waals surface area (Å²) in [6.07, 6.45) is 4.03. The highest BCUT2D eigenvalue weighted by atomic mass is 16.3. The molecule has 1 amide bonds. The quantitative estimate of drug-likeness (QED) is 0.907. The van der Waals surface area contributed by atoms with E-state index in [4.69, 9.17) is 4.42 Å². The summed E-state index contributed by atoms with van der Waals surface area (Å²) in [5.41, 5.74) is 0.644. The molecule has 24 heavy (non-hydrogen) atoms. The Morgan fingerprint density at radius 1 is 1.33 bits per heavy atom. The molecule has 1 aliphatic rings. The van der Waals surface area contributed by atoms with Crippen molar-refractivity contribution in [3.63, 3.8) is 0 Å². The number of carbonyl (C=O) groups excluding carboxylic acids is 1. The highest BCUT2D eigenvalue weighted by Crippen LogP contribution is 2.15. The average molecular weight is 328 g/mol. The van der Waals surface area contributed by atoms with Crippen molar-refractivity contribution in [3.05, 3.63) is 48.0 Å². The van der Waals surface area contributed by atoms with Crippen molar-refractivity contribution in [2.75, 3.05) is 38.1 Å². The number of carbonyl (C=O) groups is 1. The SMILES string of the molecule is CC(Cc1ccco1)NC(=O)c1ccnc(N2CCN(C)CC2)c1. The molecular weight excluding hydrogens is 304 g/mol. The van der Waals surface area contributed by atoms with Gasteiger partial charge in [-0.15, -0.1) is 0 Å². The summed E-state index contributed by atoms with van der Waals surface area (Å²) in [4.78, 5) is 21.4. The van der Waals surface area contributed by atoms with Gasteiger partial charge in [0.15, 0.2) is 0 Å². The van der Waals surface area contributed by atoms with E-state index in [1.807, 2.05) is 25.1 Å². The Hall–Kier alpha value is -2.34. The molecule has 0 bridgehead atoms. The Kier molecular flexibility index (Phi) is 5.15. The Morgan fingerprint density at radius 3 is 2.83 bits per heavy atom. The molecule has 1 atom stereocenters. The minimum absolute atomic E-state index is 0.00361. The van der Waals surface area contributed by atoms with Crippen LogP contribution in [0.1, 0.15) is 23.0 Å². The third-order valence-electron chi connectivity index (χ3n) is 4.30. The molecule has 1 unspecified atom stereocenters. The molecule has 6 nitrogen and oxygen atoms in total. The monoisotopic (exact) mass is 328 g/mol. The van der Waals surface area contributed by atoms with Gasteiger partial charge in [0, 0.05) is 50.4 Å². The Labute approximate surface area is 142 Å². The fourth-order valence-electron chi connectivity index (χ4n) is 2.86. The predicted octanol–water partition coefficient (Wildman–Crippen LogP) is 1.79. The standard InChI is InChI=1S/C18H24N4O2/c1-14(12-16-4-3-11-24-16)20-18(23)15-5-6-19-17(13-15)22-9-7-21(2)8-10-22/h3-6,11,13-14H,7-10,12H2,1-2H3,(H,20,23). The van der Waals surface area contributed by atoms with E-state index in [2.05, 4.69) is 27.1 Å². The predicted molar refractivity (Wildman–Crippen MR) is 93.3 cm³/mol. The van der Waals surface area contributed by atoms with E-state index < -0.39 is 0 Å². The molecule has 0 radical (unpaired) electrons. The lowest BCUT2D eigenvalue weighted by Crippen LogP contribution is -2.45. The average Bonchev–Trinajstić information content (AvgIpc) is 3.08. The molecule has 6 heteroatoms. The first-order chi connectivity index (χ1) is 11.6. The summed E-state index contributed by atoms with van der Waals surface area (Å²) in [5, 5.41) is 3.02. The molecule has 1 N–H and O–H groups in total. The van der Waals surface area contributed by atoms with Gasteiger partial charge in [-0.25, -0.2) is 4.98 Å². The topological polar surface area (TPSA) is 61.6 Å². The van der Waals surface area contributed by atoms with Crippen LogP contribution in [0, 0.1) is 0 Å². The number of amides is 1. The van der Waals surface area contributed by atoms with Crippen LogP contribution in [-0.4, -0.2) is 55.1 Å². The number of nitrogens with zero attached hydrogens (tertiary/aromatic N) is 3. The van der Waals surface area contributed by atoms with Crippen LogP contribution in [0.25, 0.3) is 0 Å². The van der Waals surface area contributed by atoms with Gasteiger partial charge in [0.25, 0.3) is 5.91 Å². The number of hydrogen-bond acceptors (Lipinski definition) is 5. The van der Waals surface area contributed by atoms with Gasteiger partial charge in [0.2, 0.25) is 0 Å². The fraction of sp³-hybridized carbons (Fsp3) is 0.444. The molecule has 1 aliphatic heterocycles. The maximum absolute atomic E-state index is 12.5. The van der Waals surface area contributed by atoms with E-state index in [0.29, 0.717) is 12.0 Å². The summed E-state index contributed by atoms with van der Waals surface area (Å²) in [5.74, 6) is 1.66. The van der Waals surface area contributed by atoms with Crippen molar-refractivity contribution in [2.45, 2.75) is 19.4 Å². The van der Waals surface area contributed by atoms with E-state index in [9.17, 15) is 4.79 Å². The molecule has 3 rings (SSSR count). The van der Waals surface area contributed by atoms with Gasteiger partial charge in [0.05, 0.1) is 6.26 Å². The molecule has 128 valence electrons. The molecular formula is C18H24N4O2. The zero-order valence-corrected chi connectivity index (χ0v) is 14.2. The first kappa shape index (κ1) is 16.5. The van der Waals surface area contributed by atoms with Crippen LogP contribution < -0.4 is 10.2 Å². The number of furan rings is 1. The van der Waals surface area contributed by atoms with Crippen molar-refractivity contribution in [1.82, 2.24) is 15.2 Å². The van der Waals surface area contributed by atoms with Gasteiger partial charge in [-0.2, -0.15) is 0 Å². The van der Waals surface area contributed by atoms with Crippen molar-refractivity contribution >= 4 is 11.7 Å². The van der Waals surface area contributed by atoms with Crippen LogP contribution in [0.5, 0.6) is 0 Å². The van der Waals surface area contributed by atoms with Gasteiger partial charge in [-0.3, -0.25) is 4.79 Å². The fourth-order valence-corrected chi connectivity index (χ4v) is 2.86. The molecule has 2 aromatic heterocycles. The van der Waals surface area contributed by atoms with Crippen LogP contribution in [-0.2, 0) is 6.42 Å². The largest absolute Gasteiger partial charge is 0.469 e. The van der Waals surface area contributed by atoms with E-state index in [-0.39, 0.29) is 11.9 Å². The number of rotatable bonds is 5. The highest BCUT2D eigenvalue weighted by Gasteiger charge is 2.17. The van der Waals surface area contributed by atoms with Crippen LogP contribution in [0.2, 0.25) is 0 Å². The number of aromatic nitrogens is 1. The number of piperazine rings is 1. The van der Waals surface area contributed by atoms with Crippen LogP contribution >= 0.6 is 0 Å². The zero-order chi connectivity index (χ0) is 16.9. The van der Waals surface area contributed by atoms with E-state index in [1.165, 1.54) is 0 Å². The van der Waals surface area contributed by atoms with Gasteiger partial charge in [-0.1, -0.05) is 0 Å². The second-order valence-corrected chi connectivity index (χ2v) is 6.35. The normalized spacial score (nSPS) is 16.8. The van der Waals surface area contributed by atoms with Crippen LogP contribution in [0.3, 0.4) is 0 Å². The number of pyridine rings is 1. The van der Waals surface area contributed by atoms with Gasteiger partial charge in [-0.05, 0) is 38.2 Å². The third kappa shape index (κ3) is 4.14. The Bertz CT molecular complexity index is 663. The third-order valence-corrected chi connectivity index (χ3v) is 4.30. The van der Waals surface area contributed by atoms with E-state index >= 15 is 0 Å². The van der Waals surface area contributed by atoms with Crippen LogP contribution in [0.15, 0.2) is 41.1 Å². The summed E-state index contributed by atoms with van der Waals surface area (Å²) >= 11 is 0. The van der Waals surface area contributed by atoms with Crippen molar-refractivity contribution in [1.29, 1.82) is 0 Å². The maximum Gasteiger partial charge on any atom is 0.251 e. The Morgan fingerprint density at radius 2 is 2.12 bits per heavy atom. The zero-order valence-electron chi connectivity index (χ0n) is 14.2. The van der Waals surface area contributed by atoms with Crippen LogP contribution in [0.4, 0.5) is 5.82 Å². The van der Waals surface area contributed by atoms with Crippen molar-refractivity contribution < 1.29 is 9.21 Å². The molecule has 0 aliphatic carbocycles. The van der Waals surface area contributed by atoms with E-state index in [1.54, 1.807) is 18.5 Å². The molecule has 0 aromatic carbocycles. The minimum Gasteiger partial charge on any atom is -0.469 e. The first-order valence-electron chi connectivity index (χ1n) is 8.34. The molecule has 1 fully saturated rings. The minimum atomic E-state index is -0.0770. The Balaban J connectivity index is 1.61. The van der Waals surface area contributed by atoms with Gasteiger partial charge >= 0.3 is 0 Å². The molecule has 0 spiro atoms. The van der Waals surface area contributed by atoms with E-state index in [0.717, 1.165) is 37.8 Å². The summed E-state index contributed by atoms with van der Waals surface area (Å²) in [7, 11) is 2.12. The summed E-state index contributed by atoms with van der Waals surface area (Å²) in [6.45, 7) is 5.87. The summed E-state index contributed by atoms with van der Waals surface area (Å²) in [6, 6.07) is 7.41. The number of likely N-dealkylation sites (N-methyl/N-ethyl adjacent to an activating group) is 1. The lowest BCUT2D eigenvalue weighted by Gasteiger charge is -2.33. The number of nitrogens with one attached hydrogen (secondary N) is 1. The number of hydrogen-bond donors (Lipinski definition) is 1.